The van der Waals surface area contributed by atoms with Gasteiger partial charge >= 0.3 is 0 Å². The molecule has 1 aliphatic rings. The van der Waals surface area contributed by atoms with Crippen molar-refractivity contribution in [3.05, 3.63) is 28.2 Å². The van der Waals surface area contributed by atoms with Crippen LogP contribution < -0.4 is 0 Å². The largest absolute Gasteiger partial charge is 0.507 e. The first-order valence-corrected chi connectivity index (χ1v) is 7.22. The highest BCUT2D eigenvalue weighted by Crippen LogP contribution is 2.25. The Labute approximate surface area is 122 Å². The standard InChI is InChI=1S/C14H19BrN2O2/c1-16-7-5-11(6-8-16)17(2)14(19)10-3-4-12(15)13(18)9-10/h3-4,9,11,18H,5-8H2,1-2H3. The number of amides is 1. The van der Waals surface area contributed by atoms with Crippen molar-refractivity contribution in [3.63, 3.8) is 0 Å². The maximum atomic E-state index is 12.4. The molecule has 0 spiro atoms. The molecule has 0 aromatic heterocycles. The summed E-state index contributed by atoms with van der Waals surface area (Å²) in [6, 6.07) is 5.23. The summed E-state index contributed by atoms with van der Waals surface area (Å²) < 4.78 is 0.603. The Hall–Kier alpha value is -1.07. The molecule has 1 aliphatic heterocycles. The second kappa shape index (κ2) is 5.92. The number of hydrogen-bond donors (Lipinski definition) is 1. The van der Waals surface area contributed by atoms with E-state index in [1.165, 1.54) is 6.07 Å². The molecule has 104 valence electrons. The molecule has 1 heterocycles. The Morgan fingerprint density at radius 3 is 2.63 bits per heavy atom. The zero-order valence-electron chi connectivity index (χ0n) is 11.3. The highest BCUT2D eigenvalue weighted by Gasteiger charge is 2.24. The number of carbonyl (C=O) groups is 1. The van der Waals surface area contributed by atoms with Gasteiger partial charge in [-0.2, -0.15) is 0 Å². The Morgan fingerprint density at radius 2 is 2.05 bits per heavy atom. The average molecular weight is 327 g/mol. The maximum Gasteiger partial charge on any atom is 0.253 e. The lowest BCUT2D eigenvalue weighted by molar-refractivity contribution is 0.0659. The summed E-state index contributed by atoms with van der Waals surface area (Å²) in [5.74, 6) is 0.0694. The van der Waals surface area contributed by atoms with Crippen LogP contribution in [-0.2, 0) is 0 Å². The van der Waals surface area contributed by atoms with Crippen LogP contribution in [0.4, 0.5) is 0 Å². The van der Waals surface area contributed by atoms with E-state index in [-0.39, 0.29) is 17.7 Å². The van der Waals surface area contributed by atoms with Crippen molar-refractivity contribution >= 4 is 21.8 Å². The van der Waals surface area contributed by atoms with Crippen molar-refractivity contribution in [2.75, 3.05) is 27.2 Å². The van der Waals surface area contributed by atoms with Gasteiger partial charge in [0.1, 0.15) is 5.75 Å². The molecular formula is C14H19BrN2O2. The van der Waals surface area contributed by atoms with Gasteiger partial charge in [0, 0.05) is 18.7 Å². The van der Waals surface area contributed by atoms with E-state index in [1.54, 1.807) is 17.0 Å². The molecule has 0 atom stereocenters. The highest BCUT2D eigenvalue weighted by atomic mass is 79.9. The van der Waals surface area contributed by atoms with Gasteiger partial charge in [0.05, 0.1) is 4.47 Å². The van der Waals surface area contributed by atoms with Gasteiger partial charge in [0.15, 0.2) is 0 Å². The molecule has 2 rings (SSSR count). The topological polar surface area (TPSA) is 43.8 Å². The number of hydrogen-bond acceptors (Lipinski definition) is 3. The highest BCUT2D eigenvalue weighted by molar-refractivity contribution is 9.10. The molecule has 1 aromatic rings. The van der Waals surface area contributed by atoms with Gasteiger partial charge in [-0.05, 0) is 67.1 Å². The Morgan fingerprint density at radius 1 is 1.42 bits per heavy atom. The van der Waals surface area contributed by atoms with E-state index >= 15 is 0 Å². The lowest BCUT2D eigenvalue weighted by Crippen LogP contribution is -2.44. The quantitative estimate of drug-likeness (QED) is 0.907. The first-order valence-electron chi connectivity index (χ1n) is 6.43. The minimum atomic E-state index is -0.0302. The lowest BCUT2D eigenvalue weighted by atomic mass is 10.0. The number of nitrogens with zero attached hydrogens (tertiary/aromatic N) is 2. The van der Waals surface area contributed by atoms with Crippen LogP contribution in [0, 0.1) is 0 Å². The van der Waals surface area contributed by atoms with Crippen molar-refractivity contribution in [2.45, 2.75) is 18.9 Å². The fourth-order valence-electron chi connectivity index (χ4n) is 2.40. The second-order valence-corrected chi connectivity index (χ2v) is 5.97. The average Bonchev–Trinajstić information content (AvgIpc) is 2.41. The summed E-state index contributed by atoms with van der Waals surface area (Å²) in [4.78, 5) is 16.5. The van der Waals surface area contributed by atoms with Crippen molar-refractivity contribution in [1.29, 1.82) is 0 Å². The maximum absolute atomic E-state index is 12.4. The van der Waals surface area contributed by atoms with Crippen LogP contribution in [0.2, 0.25) is 0 Å². The van der Waals surface area contributed by atoms with Gasteiger partial charge in [-0.25, -0.2) is 0 Å². The fraction of sp³-hybridized carbons (Fsp3) is 0.500. The molecule has 0 unspecified atom stereocenters. The van der Waals surface area contributed by atoms with Gasteiger partial charge in [0.25, 0.3) is 5.91 Å². The van der Waals surface area contributed by atoms with E-state index in [1.807, 2.05) is 7.05 Å². The van der Waals surface area contributed by atoms with Crippen LogP contribution in [0.5, 0.6) is 5.75 Å². The number of halogens is 1. The lowest BCUT2D eigenvalue weighted by Gasteiger charge is -2.35. The smallest absolute Gasteiger partial charge is 0.253 e. The van der Waals surface area contributed by atoms with Crippen molar-refractivity contribution in [2.24, 2.45) is 0 Å². The number of piperidine rings is 1. The van der Waals surface area contributed by atoms with E-state index in [0.29, 0.717) is 10.0 Å². The van der Waals surface area contributed by atoms with Crippen LogP contribution in [0.15, 0.2) is 22.7 Å². The number of likely N-dealkylation sites (tertiary alicyclic amines) is 1. The summed E-state index contributed by atoms with van der Waals surface area (Å²) >= 11 is 3.22. The van der Waals surface area contributed by atoms with Gasteiger partial charge in [0.2, 0.25) is 0 Å². The van der Waals surface area contributed by atoms with Gasteiger partial charge in [-0.1, -0.05) is 0 Å². The molecule has 0 aliphatic carbocycles. The Kier molecular flexibility index (Phi) is 4.47. The SMILES string of the molecule is CN1CCC(N(C)C(=O)c2ccc(Br)c(O)c2)CC1. The van der Waals surface area contributed by atoms with E-state index in [9.17, 15) is 9.90 Å². The molecular weight excluding hydrogens is 308 g/mol. The minimum absolute atomic E-state index is 0.0302. The molecule has 0 saturated carbocycles. The predicted octanol–water partition coefficient (Wildman–Crippen LogP) is 2.32. The minimum Gasteiger partial charge on any atom is -0.507 e. The Balaban J connectivity index is 2.08. The van der Waals surface area contributed by atoms with Crippen LogP contribution in [0.25, 0.3) is 0 Å². The molecule has 1 fully saturated rings. The van der Waals surface area contributed by atoms with E-state index < -0.39 is 0 Å². The zero-order valence-corrected chi connectivity index (χ0v) is 12.9. The molecule has 1 N–H and O–H groups in total. The number of carbonyl (C=O) groups excluding carboxylic acids is 1. The van der Waals surface area contributed by atoms with E-state index in [4.69, 9.17) is 0 Å². The molecule has 19 heavy (non-hydrogen) atoms. The van der Waals surface area contributed by atoms with Crippen LogP contribution in [0.1, 0.15) is 23.2 Å². The second-order valence-electron chi connectivity index (χ2n) is 5.12. The molecule has 1 saturated heterocycles. The zero-order chi connectivity index (χ0) is 14.0. The fourth-order valence-corrected chi connectivity index (χ4v) is 2.64. The normalized spacial score (nSPS) is 17.4. The molecule has 0 radical (unpaired) electrons. The Bertz CT molecular complexity index is 471. The molecule has 0 bridgehead atoms. The van der Waals surface area contributed by atoms with Crippen molar-refractivity contribution in [1.82, 2.24) is 9.80 Å². The number of benzene rings is 1. The van der Waals surface area contributed by atoms with E-state index in [2.05, 4.69) is 27.9 Å². The summed E-state index contributed by atoms with van der Waals surface area (Å²) in [6.45, 7) is 2.04. The molecule has 1 aromatic carbocycles. The van der Waals surface area contributed by atoms with Crippen molar-refractivity contribution in [3.8, 4) is 5.75 Å². The third kappa shape index (κ3) is 3.28. The van der Waals surface area contributed by atoms with Gasteiger partial charge in [-0.3, -0.25) is 4.79 Å². The van der Waals surface area contributed by atoms with Gasteiger partial charge in [-0.15, -0.1) is 0 Å². The van der Waals surface area contributed by atoms with Gasteiger partial charge < -0.3 is 14.9 Å². The molecule has 5 heteroatoms. The summed E-state index contributed by atoms with van der Waals surface area (Å²) in [5.41, 5.74) is 0.530. The van der Waals surface area contributed by atoms with Crippen LogP contribution in [-0.4, -0.2) is 54.0 Å². The number of aromatic hydroxyl groups is 1. The number of phenols is 1. The molecule has 1 amide bonds. The van der Waals surface area contributed by atoms with E-state index in [0.717, 1.165) is 25.9 Å². The number of rotatable bonds is 2. The van der Waals surface area contributed by atoms with Crippen LogP contribution in [0.3, 0.4) is 0 Å². The number of phenolic OH excluding ortho intramolecular Hbond substituents is 1. The van der Waals surface area contributed by atoms with Crippen molar-refractivity contribution < 1.29 is 9.90 Å². The summed E-state index contributed by atoms with van der Waals surface area (Å²) in [5, 5.41) is 9.65. The molecule has 4 nitrogen and oxygen atoms in total. The third-order valence-corrected chi connectivity index (χ3v) is 4.42. The first-order chi connectivity index (χ1) is 8.99. The summed E-state index contributed by atoms with van der Waals surface area (Å²) in [7, 11) is 3.95. The predicted molar refractivity (Wildman–Crippen MR) is 78.4 cm³/mol. The third-order valence-electron chi connectivity index (χ3n) is 3.75. The summed E-state index contributed by atoms with van der Waals surface area (Å²) in [6.07, 6.45) is 2.00. The van der Waals surface area contributed by atoms with Crippen LogP contribution >= 0.6 is 15.9 Å². The monoisotopic (exact) mass is 326 g/mol. The first kappa shape index (κ1) is 14.3.